The molecule has 0 aliphatic carbocycles. The molecule has 27 heavy (non-hydrogen) atoms. The summed E-state index contributed by atoms with van der Waals surface area (Å²) in [5, 5.41) is 11.4. The third-order valence-electron chi connectivity index (χ3n) is 3.66. The van der Waals surface area contributed by atoms with E-state index in [1.807, 2.05) is 30.3 Å². The molecule has 0 N–H and O–H groups in total. The monoisotopic (exact) mass is 348 g/mol. The average molecular weight is 348 g/mol. The fraction of sp³-hybridized carbons (Fsp3) is 0. The minimum Gasteiger partial charge on any atom is -0.258 e. The summed E-state index contributed by atoms with van der Waals surface area (Å²) in [6.45, 7) is 6.94. The van der Waals surface area contributed by atoms with E-state index in [9.17, 15) is 10.1 Å². The van der Waals surface area contributed by atoms with Crippen molar-refractivity contribution in [3.63, 3.8) is 0 Å². The lowest BCUT2D eigenvalue weighted by Gasteiger charge is -1.97. The molecule has 0 bridgehead atoms. The van der Waals surface area contributed by atoms with Crippen LogP contribution in [-0.4, -0.2) is 4.92 Å². The number of rotatable bonds is 1. The molecule has 0 amide bonds. The Morgan fingerprint density at radius 2 is 1.37 bits per heavy atom. The Morgan fingerprint density at radius 1 is 0.778 bits per heavy atom. The second-order valence-corrected chi connectivity index (χ2v) is 5.51. The van der Waals surface area contributed by atoms with Gasteiger partial charge in [0, 0.05) is 22.8 Å². The lowest BCUT2D eigenvalue weighted by Crippen LogP contribution is -1.93. The molecule has 0 radical (unpaired) electrons. The zero-order chi connectivity index (χ0) is 19.1. The van der Waals surface area contributed by atoms with Gasteiger partial charge in [-0.05, 0) is 24.3 Å². The minimum atomic E-state index is -0.459. The maximum atomic E-state index is 11.4. The van der Waals surface area contributed by atoms with Gasteiger partial charge in [0.15, 0.2) is 5.69 Å². The molecule has 0 unspecified atom stereocenters. The summed E-state index contributed by atoms with van der Waals surface area (Å²) in [6.07, 6.45) is 0. The number of nitro groups is 1. The van der Waals surface area contributed by atoms with Gasteiger partial charge in [0.1, 0.15) is 5.56 Å². The molecule has 0 heterocycles. The summed E-state index contributed by atoms with van der Waals surface area (Å²) in [6, 6.07) is 20.9. The highest BCUT2D eigenvalue weighted by atomic mass is 16.6. The Bertz CT molecular complexity index is 1150. The molecule has 4 nitrogen and oxygen atoms in total. The predicted molar refractivity (Wildman–Crippen MR) is 104 cm³/mol. The Hall–Kier alpha value is -4.33. The van der Waals surface area contributed by atoms with Crippen LogP contribution in [0.15, 0.2) is 72.8 Å². The van der Waals surface area contributed by atoms with E-state index in [2.05, 4.69) is 28.5 Å². The lowest BCUT2D eigenvalue weighted by atomic mass is 10.1. The van der Waals surface area contributed by atoms with Crippen LogP contribution in [0.1, 0.15) is 22.3 Å². The van der Waals surface area contributed by atoms with Crippen molar-refractivity contribution in [2.24, 2.45) is 0 Å². The SMILES string of the molecule is [C-]#[N+]c1ccc(C#Cc2ccc(C#Cc3ccccc3)cc2[N+](=O)[O-])cc1. The average Bonchev–Trinajstić information content (AvgIpc) is 2.72. The molecular formula is C23H12N2O2. The summed E-state index contributed by atoms with van der Waals surface area (Å²) in [5.41, 5.74) is 2.83. The highest BCUT2D eigenvalue weighted by Crippen LogP contribution is 2.20. The van der Waals surface area contributed by atoms with Crippen LogP contribution in [0.4, 0.5) is 11.4 Å². The van der Waals surface area contributed by atoms with Crippen LogP contribution < -0.4 is 0 Å². The highest BCUT2D eigenvalue weighted by molar-refractivity contribution is 5.58. The van der Waals surface area contributed by atoms with E-state index in [-0.39, 0.29) is 5.69 Å². The molecule has 0 saturated heterocycles. The van der Waals surface area contributed by atoms with Crippen LogP contribution in [-0.2, 0) is 0 Å². The van der Waals surface area contributed by atoms with Gasteiger partial charge in [-0.15, -0.1) is 0 Å². The van der Waals surface area contributed by atoms with Crippen molar-refractivity contribution >= 4 is 11.4 Å². The van der Waals surface area contributed by atoms with Gasteiger partial charge in [-0.2, -0.15) is 0 Å². The smallest absolute Gasteiger partial charge is 0.258 e. The minimum absolute atomic E-state index is 0.0832. The second-order valence-electron chi connectivity index (χ2n) is 5.51. The van der Waals surface area contributed by atoms with Gasteiger partial charge in [-0.1, -0.05) is 66.1 Å². The van der Waals surface area contributed by atoms with Crippen molar-refractivity contribution in [1.29, 1.82) is 0 Å². The summed E-state index contributed by atoms with van der Waals surface area (Å²) in [5.74, 6) is 11.6. The Kier molecular flexibility index (Phi) is 5.29. The van der Waals surface area contributed by atoms with Crippen LogP contribution in [0.2, 0.25) is 0 Å². The van der Waals surface area contributed by atoms with E-state index in [0.29, 0.717) is 22.4 Å². The molecule has 3 rings (SSSR count). The third kappa shape index (κ3) is 4.60. The van der Waals surface area contributed by atoms with Gasteiger partial charge < -0.3 is 0 Å². The van der Waals surface area contributed by atoms with Gasteiger partial charge >= 0.3 is 0 Å². The maximum Gasteiger partial charge on any atom is 0.286 e. The van der Waals surface area contributed by atoms with Crippen LogP contribution in [0, 0.1) is 40.4 Å². The molecule has 0 saturated carbocycles. The quantitative estimate of drug-likeness (QED) is 0.270. The number of nitrogens with zero attached hydrogens (tertiary/aromatic N) is 2. The molecule has 3 aromatic carbocycles. The number of nitro benzene ring substituents is 1. The van der Waals surface area contributed by atoms with Crippen LogP contribution in [0.25, 0.3) is 4.85 Å². The Labute approximate surface area is 157 Å². The van der Waals surface area contributed by atoms with E-state index >= 15 is 0 Å². The first-order chi connectivity index (χ1) is 13.2. The highest BCUT2D eigenvalue weighted by Gasteiger charge is 2.12. The summed E-state index contributed by atoms with van der Waals surface area (Å²) >= 11 is 0. The third-order valence-corrected chi connectivity index (χ3v) is 3.66. The van der Waals surface area contributed by atoms with Crippen molar-refractivity contribution in [2.75, 3.05) is 0 Å². The van der Waals surface area contributed by atoms with Crippen LogP contribution in [0.5, 0.6) is 0 Å². The standard InChI is InChI=1S/C23H12N2O2/c1-24-22-15-11-19(12-16-22)9-13-21-14-10-20(17-23(21)25(26)27)8-7-18-5-3-2-4-6-18/h2-6,10-12,14-17H. The summed E-state index contributed by atoms with van der Waals surface area (Å²) in [4.78, 5) is 14.3. The van der Waals surface area contributed by atoms with Gasteiger partial charge in [0.05, 0.1) is 11.5 Å². The molecule has 3 aromatic rings. The van der Waals surface area contributed by atoms with Gasteiger partial charge in [0.25, 0.3) is 5.69 Å². The van der Waals surface area contributed by atoms with E-state index in [4.69, 9.17) is 6.57 Å². The number of benzene rings is 3. The molecular weight excluding hydrogens is 336 g/mol. The normalized spacial score (nSPS) is 9.15. The van der Waals surface area contributed by atoms with Crippen molar-refractivity contribution in [3.8, 4) is 23.7 Å². The zero-order valence-corrected chi connectivity index (χ0v) is 14.1. The molecule has 0 atom stereocenters. The zero-order valence-electron chi connectivity index (χ0n) is 14.1. The first-order valence-corrected chi connectivity index (χ1v) is 8.01. The van der Waals surface area contributed by atoms with Crippen molar-refractivity contribution < 1.29 is 4.92 Å². The maximum absolute atomic E-state index is 11.4. The van der Waals surface area contributed by atoms with E-state index in [1.54, 1.807) is 36.4 Å². The predicted octanol–water partition coefficient (Wildman–Crippen LogP) is 4.95. The lowest BCUT2D eigenvalue weighted by molar-refractivity contribution is -0.385. The van der Waals surface area contributed by atoms with Crippen molar-refractivity contribution in [2.45, 2.75) is 0 Å². The molecule has 0 fully saturated rings. The van der Waals surface area contributed by atoms with Gasteiger partial charge in [-0.25, -0.2) is 4.85 Å². The summed E-state index contributed by atoms with van der Waals surface area (Å²) < 4.78 is 0. The van der Waals surface area contributed by atoms with Gasteiger partial charge in [-0.3, -0.25) is 10.1 Å². The van der Waals surface area contributed by atoms with E-state index in [0.717, 1.165) is 5.56 Å². The van der Waals surface area contributed by atoms with Crippen LogP contribution in [0.3, 0.4) is 0 Å². The fourth-order valence-electron chi connectivity index (χ4n) is 2.29. The van der Waals surface area contributed by atoms with E-state index < -0.39 is 4.92 Å². The first-order valence-electron chi connectivity index (χ1n) is 8.01. The summed E-state index contributed by atoms with van der Waals surface area (Å²) in [7, 11) is 0. The van der Waals surface area contributed by atoms with Crippen molar-refractivity contribution in [3.05, 3.63) is 117 Å². The molecule has 0 aliphatic heterocycles. The second kappa shape index (κ2) is 8.17. The molecule has 4 heteroatoms. The van der Waals surface area contributed by atoms with Gasteiger partial charge in [0.2, 0.25) is 0 Å². The molecule has 126 valence electrons. The van der Waals surface area contributed by atoms with Crippen LogP contribution >= 0.6 is 0 Å². The fourth-order valence-corrected chi connectivity index (χ4v) is 2.29. The Balaban J connectivity index is 1.91. The first kappa shape index (κ1) is 17.5. The molecule has 0 spiro atoms. The van der Waals surface area contributed by atoms with Crippen molar-refractivity contribution in [1.82, 2.24) is 0 Å². The topological polar surface area (TPSA) is 47.5 Å². The van der Waals surface area contributed by atoms with E-state index in [1.165, 1.54) is 6.07 Å². The number of hydrogen-bond donors (Lipinski definition) is 0. The largest absolute Gasteiger partial charge is 0.286 e. The number of hydrogen-bond acceptors (Lipinski definition) is 2. The molecule has 0 aliphatic rings. The Morgan fingerprint density at radius 3 is 2.04 bits per heavy atom. The molecule has 0 aromatic heterocycles.